The molecule has 0 unspecified atom stereocenters. The van der Waals surface area contributed by atoms with Crippen molar-refractivity contribution in [3.05, 3.63) is 28.8 Å². The zero-order valence-electron chi connectivity index (χ0n) is 7.20. The molecule has 4 nitrogen and oxygen atoms in total. The van der Waals surface area contributed by atoms with Gasteiger partial charge in [-0.25, -0.2) is 5.48 Å². The molecule has 0 atom stereocenters. The number of nitriles is 1. The molecule has 1 aromatic carbocycles. The highest BCUT2D eigenvalue weighted by atomic mass is 16.5. The van der Waals surface area contributed by atoms with Crippen LogP contribution in [0.4, 0.5) is 0 Å². The number of nitrogens with zero attached hydrogens (tertiary/aromatic N) is 1. The molecule has 0 saturated carbocycles. The molecule has 1 aromatic rings. The number of benzene rings is 1. The van der Waals surface area contributed by atoms with Gasteiger partial charge in [0.05, 0.1) is 5.56 Å². The van der Waals surface area contributed by atoms with Crippen LogP contribution in [0.5, 0.6) is 5.75 Å². The molecule has 0 aliphatic carbocycles. The van der Waals surface area contributed by atoms with E-state index in [1.165, 1.54) is 6.07 Å². The van der Waals surface area contributed by atoms with Crippen LogP contribution in [0.25, 0.3) is 0 Å². The van der Waals surface area contributed by atoms with Crippen LogP contribution in [0.1, 0.15) is 16.7 Å². The lowest BCUT2D eigenvalue weighted by molar-refractivity contribution is 0.161. The highest BCUT2D eigenvalue weighted by molar-refractivity contribution is 5.49. The van der Waals surface area contributed by atoms with Gasteiger partial charge in [0, 0.05) is 6.54 Å². The van der Waals surface area contributed by atoms with E-state index < -0.39 is 0 Å². The van der Waals surface area contributed by atoms with Gasteiger partial charge in [0.2, 0.25) is 0 Å². The van der Waals surface area contributed by atoms with E-state index in [0.29, 0.717) is 5.56 Å². The van der Waals surface area contributed by atoms with Crippen molar-refractivity contribution in [3.63, 3.8) is 0 Å². The molecule has 68 valence electrons. The zero-order chi connectivity index (χ0) is 9.84. The summed E-state index contributed by atoms with van der Waals surface area (Å²) >= 11 is 0. The second-order valence-electron chi connectivity index (χ2n) is 2.76. The number of phenols is 1. The van der Waals surface area contributed by atoms with E-state index in [4.69, 9.17) is 10.5 Å². The first-order valence-electron chi connectivity index (χ1n) is 3.78. The summed E-state index contributed by atoms with van der Waals surface area (Å²) in [6.45, 7) is 1.97. The van der Waals surface area contributed by atoms with Crippen molar-refractivity contribution < 1.29 is 10.3 Å². The van der Waals surface area contributed by atoms with Gasteiger partial charge in [-0.1, -0.05) is 6.07 Å². The summed E-state index contributed by atoms with van der Waals surface area (Å²) < 4.78 is 0. The Morgan fingerprint density at radius 1 is 1.54 bits per heavy atom. The van der Waals surface area contributed by atoms with Gasteiger partial charge in [0.25, 0.3) is 0 Å². The average molecular weight is 178 g/mol. The Hall–Kier alpha value is -1.57. The first-order chi connectivity index (χ1) is 6.19. The third kappa shape index (κ3) is 1.96. The molecule has 0 saturated heterocycles. The van der Waals surface area contributed by atoms with Crippen LogP contribution in [0, 0.1) is 18.3 Å². The Balaban J connectivity index is 3.16. The minimum Gasteiger partial charge on any atom is -0.506 e. The predicted molar refractivity (Wildman–Crippen MR) is 46.2 cm³/mol. The van der Waals surface area contributed by atoms with E-state index in [2.05, 4.69) is 0 Å². The summed E-state index contributed by atoms with van der Waals surface area (Å²) in [6.07, 6.45) is 0. The van der Waals surface area contributed by atoms with Gasteiger partial charge >= 0.3 is 0 Å². The van der Waals surface area contributed by atoms with Crippen LogP contribution in [0.3, 0.4) is 0 Å². The van der Waals surface area contributed by atoms with E-state index >= 15 is 0 Å². The van der Waals surface area contributed by atoms with Crippen molar-refractivity contribution in [1.82, 2.24) is 5.48 Å². The van der Waals surface area contributed by atoms with Crippen molar-refractivity contribution in [2.45, 2.75) is 13.5 Å². The number of nitrogens with one attached hydrogen (secondary N) is 1. The summed E-state index contributed by atoms with van der Waals surface area (Å²) in [6, 6.07) is 5.12. The van der Waals surface area contributed by atoms with Crippen LogP contribution >= 0.6 is 0 Å². The molecule has 0 aromatic heterocycles. The van der Waals surface area contributed by atoms with Crippen LogP contribution in [0.15, 0.2) is 12.1 Å². The SMILES string of the molecule is Cc1cc(CNO)cc(C#N)c1O. The molecule has 0 aliphatic rings. The topological polar surface area (TPSA) is 76.3 Å². The summed E-state index contributed by atoms with van der Waals surface area (Å²) in [7, 11) is 0. The van der Waals surface area contributed by atoms with Crippen molar-refractivity contribution in [3.8, 4) is 11.8 Å². The molecular weight excluding hydrogens is 168 g/mol. The molecule has 0 spiro atoms. The molecule has 13 heavy (non-hydrogen) atoms. The van der Waals surface area contributed by atoms with Crippen molar-refractivity contribution >= 4 is 0 Å². The van der Waals surface area contributed by atoms with Gasteiger partial charge in [-0.15, -0.1) is 0 Å². The number of hydroxylamine groups is 1. The summed E-state index contributed by atoms with van der Waals surface area (Å²) in [5, 5.41) is 26.5. The Morgan fingerprint density at radius 3 is 2.77 bits per heavy atom. The molecule has 0 bridgehead atoms. The van der Waals surface area contributed by atoms with Crippen LogP contribution in [-0.2, 0) is 6.54 Å². The monoisotopic (exact) mass is 178 g/mol. The second-order valence-corrected chi connectivity index (χ2v) is 2.76. The molecule has 0 amide bonds. The second kappa shape index (κ2) is 3.90. The standard InChI is InChI=1S/C9H10N2O2/c1-6-2-7(5-11-13)3-8(4-10)9(6)12/h2-3,11-13H,5H2,1H3. The normalized spacial score (nSPS) is 9.62. The minimum absolute atomic E-state index is 0.00388. The van der Waals surface area contributed by atoms with Gasteiger partial charge in [-0.2, -0.15) is 5.26 Å². The third-order valence-corrected chi connectivity index (χ3v) is 1.76. The maximum absolute atomic E-state index is 9.38. The van der Waals surface area contributed by atoms with E-state index in [-0.39, 0.29) is 17.9 Å². The maximum atomic E-state index is 9.38. The van der Waals surface area contributed by atoms with Gasteiger partial charge in [-0.3, -0.25) is 0 Å². The summed E-state index contributed by atoms with van der Waals surface area (Å²) in [5.74, 6) is 0.00388. The largest absolute Gasteiger partial charge is 0.506 e. The average Bonchev–Trinajstić information content (AvgIpc) is 2.11. The fraction of sp³-hybridized carbons (Fsp3) is 0.222. The minimum atomic E-state index is 0.00388. The summed E-state index contributed by atoms with van der Waals surface area (Å²) in [4.78, 5) is 0. The maximum Gasteiger partial charge on any atom is 0.136 e. The fourth-order valence-corrected chi connectivity index (χ4v) is 1.13. The smallest absolute Gasteiger partial charge is 0.136 e. The zero-order valence-corrected chi connectivity index (χ0v) is 7.20. The highest BCUT2D eigenvalue weighted by Gasteiger charge is 2.05. The van der Waals surface area contributed by atoms with Crippen LogP contribution in [-0.4, -0.2) is 10.3 Å². The first-order valence-corrected chi connectivity index (χ1v) is 3.78. The van der Waals surface area contributed by atoms with Gasteiger partial charge in [0.1, 0.15) is 11.8 Å². The Kier molecular flexibility index (Phi) is 2.85. The molecule has 0 fully saturated rings. The molecule has 3 N–H and O–H groups in total. The van der Waals surface area contributed by atoms with Crippen molar-refractivity contribution in [2.75, 3.05) is 0 Å². The Labute approximate surface area is 76.0 Å². The number of rotatable bonds is 2. The number of hydrogen-bond donors (Lipinski definition) is 3. The Morgan fingerprint density at radius 2 is 2.23 bits per heavy atom. The van der Waals surface area contributed by atoms with Crippen LogP contribution in [0.2, 0.25) is 0 Å². The lowest BCUT2D eigenvalue weighted by atomic mass is 10.1. The van der Waals surface area contributed by atoms with Crippen molar-refractivity contribution in [2.24, 2.45) is 0 Å². The van der Waals surface area contributed by atoms with E-state index in [0.717, 1.165) is 5.56 Å². The molecular formula is C9H10N2O2. The third-order valence-electron chi connectivity index (χ3n) is 1.76. The van der Waals surface area contributed by atoms with Gasteiger partial charge in [-0.05, 0) is 24.1 Å². The molecule has 4 heteroatoms. The quantitative estimate of drug-likeness (QED) is 0.591. The molecule has 0 aliphatic heterocycles. The lowest BCUT2D eigenvalue weighted by Crippen LogP contribution is -2.06. The fourth-order valence-electron chi connectivity index (χ4n) is 1.13. The van der Waals surface area contributed by atoms with Gasteiger partial charge in [0.15, 0.2) is 0 Å². The van der Waals surface area contributed by atoms with E-state index in [1.54, 1.807) is 13.0 Å². The summed E-state index contributed by atoms with van der Waals surface area (Å²) in [5.41, 5.74) is 3.61. The van der Waals surface area contributed by atoms with E-state index in [9.17, 15) is 5.11 Å². The molecule has 1 rings (SSSR count). The number of aryl methyl sites for hydroxylation is 1. The highest BCUT2D eigenvalue weighted by Crippen LogP contribution is 2.22. The lowest BCUT2D eigenvalue weighted by Gasteiger charge is -2.04. The van der Waals surface area contributed by atoms with E-state index in [1.807, 2.05) is 11.5 Å². The first kappa shape index (κ1) is 9.52. The Bertz CT molecular complexity index is 355. The molecule has 0 heterocycles. The van der Waals surface area contributed by atoms with Crippen LogP contribution < -0.4 is 5.48 Å². The van der Waals surface area contributed by atoms with Gasteiger partial charge < -0.3 is 10.3 Å². The molecule has 0 radical (unpaired) electrons. The predicted octanol–water partition coefficient (Wildman–Crippen LogP) is 1.05. The number of phenolic OH excluding ortho intramolecular Hbond substituents is 1. The number of aromatic hydroxyl groups is 1. The number of hydrogen-bond acceptors (Lipinski definition) is 4. The van der Waals surface area contributed by atoms with Crippen molar-refractivity contribution in [1.29, 1.82) is 5.26 Å².